The van der Waals surface area contributed by atoms with E-state index in [1.807, 2.05) is 6.07 Å². The summed E-state index contributed by atoms with van der Waals surface area (Å²) >= 11 is 0. The van der Waals surface area contributed by atoms with Gasteiger partial charge >= 0.3 is 0 Å². The van der Waals surface area contributed by atoms with Crippen molar-refractivity contribution >= 4 is 29.0 Å². The zero-order valence-corrected chi connectivity index (χ0v) is 10.7. The predicted molar refractivity (Wildman–Crippen MR) is 72.9 cm³/mol. The van der Waals surface area contributed by atoms with Gasteiger partial charge in [-0.2, -0.15) is 0 Å². The van der Waals surface area contributed by atoms with Crippen LogP contribution in [-0.4, -0.2) is 24.4 Å². The molecule has 0 amide bonds. The number of benzene rings is 1. The summed E-state index contributed by atoms with van der Waals surface area (Å²) in [6.45, 7) is 2.95. The number of hydrogen-bond acceptors (Lipinski definition) is 2. The third kappa shape index (κ3) is 1.80. The van der Waals surface area contributed by atoms with Crippen LogP contribution in [0.1, 0.15) is 18.2 Å². The molecule has 2 heterocycles. The molecule has 4 heteroatoms. The Bertz CT molecular complexity index is 586. The first-order chi connectivity index (χ1) is 7.79. The minimum atomic E-state index is 0. The average molecular weight is 251 g/mol. The van der Waals surface area contributed by atoms with Crippen LogP contribution in [0.5, 0.6) is 5.75 Å². The van der Waals surface area contributed by atoms with Gasteiger partial charge in [0.2, 0.25) is 0 Å². The molecule has 0 radical (unpaired) electrons. The zero-order valence-electron chi connectivity index (χ0n) is 9.91. The van der Waals surface area contributed by atoms with E-state index in [1.165, 1.54) is 22.2 Å². The van der Waals surface area contributed by atoms with E-state index in [9.17, 15) is 0 Å². The van der Waals surface area contributed by atoms with Gasteiger partial charge in [-0.15, -0.1) is 12.4 Å². The molecule has 90 valence electrons. The summed E-state index contributed by atoms with van der Waals surface area (Å²) in [6.07, 6.45) is 1.01. The minimum Gasteiger partial charge on any atom is -0.497 e. The summed E-state index contributed by atoms with van der Waals surface area (Å²) in [5, 5.41) is 1.27. The number of aliphatic imine (C=N–C) groups is 1. The lowest BCUT2D eigenvalue weighted by Crippen LogP contribution is -2.08. The fraction of sp³-hybridized carbons (Fsp3) is 0.308. The number of methoxy groups -OCH3 is 1. The Balaban J connectivity index is 0.00000108. The SMILES string of the molecule is COc1ccc2[nH]c3c(c2c1)CCN=C3C.Cl. The Labute approximate surface area is 106 Å². The number of aromatic amines is 1. The number of hydrogen-bond donors (Lipinski definition) is 1. The van der Waals surface area contributed by atoms with Crippen molar-refractivity contribution in [3.63, 3.8) is 0 Å². The molecule has 0 saturated carbocycles. The van der Waals surface area contributed by atoms with E-state index >= 15 is 0 Å². The highest BCUT2D eigenvalue weighted by Gasteiger charge is 2.16. The third-order valence-electron chi connectivity index (χ3n) is 3.19. The highest BCUT2D eigenvalue weighted by molar-refractivity contribution is 6.05. The molecule has 1 aromatic carbocycles. The van der Waals surface area contributed by atoms with Crippen molar-refractivity contribution in [1.82, 2.24) is 4.98 Å². The normalized spacial score (nSPS) is 13.9. The molecule has 3 nitrogen and oxygen atoms in total. The number of aromatic nitrogens is 1. The number of nitrogens with zero attached hydrogens (tertiary/aromatic N) is 1. The molecule has 0 spiro atoms. The van der Waals surface area contributed by atoms with E-state index < -0.39 is 0 Å². The lowest BCUT2D eigenvalue weighted by atomic mass is 10.0. The maximum atomic E-state index is 5.27. The van der Waals surface area contributed by atoms with Crippen LogP contribution in [-0.2, 0) is 6.42 Å². The zero-order chi connectivity index (χ0) is 11.1. The Kier molecular flexibility index (Phi) is 3.11. The summed E-state index contributed by atoms with van der Waals surface area (Å²) in [5.74, 6) is 0.912. The number of nitrogens with one attached hydrogen (secondary N) is 1. The molecule has 0 unspecified atom stereocenters. The molecule has 0 bridgehead atoms. The lowest BCUT2D eigenvalue weighted by Gasteiger charge is -2.09. The Hall–Kier alpha value is -1.48. The maximum absolute atomic E-state index is 5.27. The van der Waals surface area contributed by atoms with E-state index in [2.05, 4.69) is 29.0 Å². The van der Waals surface area contributed by atoms with Crippen molar-refractivity contribution in [2.45, 2.75) is 13.3 Å². The standard InChI is InChI=1S/C13H14N2O.ClH/c1-8-13-10(5-6-14-8)11-7-9(16-2)3-4-12(11)15-13;/h3-4,7,15H,5-6H2,1-2H3;1H. The summed E-state index contributed by atoms with van der Waals surface area (Å²) in [5.41, 5.74) is 4.84. The van der Waals surface area contributed by atoms with Gasteiger partial charge in [0.1, 0.15) is 5.75 Å². The van der Waals surface area contributed by atoms with Gasteiger partial charge in [0.15, 0.2) is 0 Å². The molecule has 3 rings (SSSR count). The van der Waals surface area contributed by atoms with Crippen LogP contribution in [0.25, 0.3) is 10.9 Å². The second-order valence-corrected chi connectivity index (χ2v) is 4.11. The molecule has 1 aliphatic heterocycles. The summed E-state index contributed by atoms with van der Waals surface area (Å²) in [6, 6.07) is 6.15. The van der Waals surface area contributed by atoms with E-state index in [0.717, 1.165) is 24.4 Å². The topological polar surface area (TPSA) is 37.4 Å². The van der Waals surface area contributed by atoms with Crippen molar-refractivity contribution in [1.29, 1.82) is 0 Å². The van der Waals surface area contributed by atoms with Gasteiger partial charge in [-0.05, 0) is 37.1 Å². The van der Waals surface area contributed by atoms with Crippen LogP contribution in [0, 0.1) is 0 Å². The molecule has 0 aliphatic carbocycles. The molecule has 1 N–H and O–H groups in total. The van der Waals surface area contributed by atoms with E-state index in [-0.39, 0.29) is 12.4 Å². The van der Waals surface area contributed by atoms with E-state index in [4.69, 9.17) is 4.74 Å². The summed E-state index contributed by atoms with van der Waals surface area (Å²) in [7, 11) is 1.70. The van der Waals surface area contributed by atoms with Crippen molar-refractivity contribution in [3.8, 4) is 5.75 Å². The number of rotatable bonds is 1. The molecular formula is C13H15ClN2O. The first-order valence-electron chi connectivity index (χ1n) is 5.49. The van der Waals surface area contributed by atoms with Crippen LogP contribution < -0.4 is 4.74 Å². The van der Waals surface area contributed by atoms with Gasteiger partial charge in [0.05, 0.1) is 18.5 Å². The Morgan fingerprint density at radius 2 is 2.18 bits per heavy atom. The number of ether oxygens (including phenoxy) is 1. The Morgan fingerprint density at radius 1 is 1.35 bits per heavy atom. The van der Waals surface area contributed by atoms with Crippen molar-refractivity contribution < 1.29 is 4.74 Å². The van der Waals surface area contributed by atoms with Gasteiger partial charge in [0, 0.05) is 17.4 Å². The monoisotopic (exact) mass is 250 g/mol. The molecule has 2 aromatic rings. The number of fused-ring (bicyclic) bond motifs is 3. The molecule has 1 aliphatic rings. The van der Waals surface area contributed by atoms with Crippen LogP contribution in [0.15, 0.2) is 23.2 Å². The second kappa shape index (κ2) is 4.41. The highest BCUT2D eigenvalue weighted by Crippen LogP contribution is 2.29. The van der Waals surface area contributed by atoms with Crippen LogP contribution >= 0.6 is 12.4 Å². The van der Waals surface area contributed by atoms with E-state index in [0.29, 0.717) is 0 Å². The largest absolute Gasteiger partial charge is 0.497 e. The molecule has 0 atom stereocenters. The van der Waals surface area contributed by atoms with Crippen LogP contribution in [0.2, 0.25) is 0 Å². The first-order valence-corrected chi connectivity index (χ1v) is 5.49. The summed E-state index contributed by atoms with van der Waals surface area (Å²) < 4.78 is 5.27. The fourth-order valence-corrected chi connectivity index (χ4v) is 2.34. The molecular weight excluding hydrogens is 236 g/mol. The number of H-pyrrole nitrogens is 1. The van der Waals surface area contributed by atoms with Crippen molar-refractivity contribution in [2.75, 3.05) is 13.7 Å². The third-order valence-corrected chi connectivity index (χ3v) is 3.19. The molecule has 17 heavy (non-hydrogen) atoms. The van der Waals surface area contributed by atoms with Gasteiger partial charge in [-0.25, -0.2) is 0 Å². The van der Waals surface area contributed by atoms with Gasteiger partial charge in [0.25, 0.3) is 0 Å². The molecule has 0 saturated heterocycles. The lowest BCUT2D eigenvalue weighted by molar-refractivity contribution is 0.415. The van der Waals surface area contributed by atoms with E-state index in [1.54, 1.807) is 7.11 Å². The quantitative estimate of drug-likeness (QED) is 0.830. The van der Waals surface area contributed by atoms with Gasteiger partial charge < -0.3 is 9.72 Å². The first kappa shape index (κ1) is 12.0. The molecule has 0 fully saturated rings. The fourth-order valence-electron chi connectivity index (χ4n) is 2.34. The smallest absolute Gasteiger partial charge is 0.119 e. The molecule has 1 aromatic heterocycles. The average Bonchev–Trinajstić information content (AvgIpc) is 2.68. The van der Waals surface area contributed by atoms with Crippen molar-refractivity contribution in [3.05, 3.63) is 29.5 Å². The van der Waals surface area contributed by atoms with Crippen LogP contribution in [0.3, 0.4) is 0 Å². The van der Waals surface area contributed by atoms with Crippen molar-refractivity contribution in [2.24, 2.45) is 4.99 Å². The van der Waals surface area contributed by atoms with Crippen LogP contribution in [0.4, 0.5) is 0 Å². The highest BCUT2D eigenvalue weighted by atomic mass is 35.5. The second-order valence-electron chi connectivity index (χ2n) is 4.11. The number of halogens is 1. The van der Waals surface area contributed by atoms with Gasteiger partial charge in [-0.3, -0.25) is 4.99 Å². The maximum Gasteiger partial charge on any atom is 0.119 e. The van der Waals surface area contributed by atoms with Gasteiger partial charge in [-0.1, -0.05) is 0 Å². The predicted octanol–water partition coefficient (Wildman–Crippen LogP) is 2.96. The summed E-state index contributed by atoms with van der Waals surface area (Å²) in [4.78, 5) is 7.89. The minimum absolute atomic E-state index is 0. The Morgan fingerprint density at radius 3 is 2.94 bits per heavy atom.